The number of pyridine rings is 1. The summed E-state index contributed by atoms with van der Waals surface area (Å²) < 4.78 is 64.8. The molecule has 0 aliphatic carbocycles. The molecule has 289 valence electrons. The number of imidazole rings is 1. The van der Waals surface area contributed by atoms with Crippen LogP contribution in [0.1, 0.15) is 38.8 Å². The van der Waals surface area contributed by atoms with Gasteiger partial charge in [-0.15, -0.1) is 46.8 Å². The monoisotopic (exact) mass is 964 g/mol. The number of fused-ring (bicyclic) bond motifs is 2. The van der Waals surface area contributed by atoms with Gasteiger partial charge in [0, 0.05) is 48.4 Å². The SMILES string of the molecule is [2H]C([2H])([2H])c1c[c-]c(-c2ccc(C([2H])([2H])[2H])cn2)cc1.[2H]C([2H])(c1ccccc1)c1ccc2c(-c3nc4ccccc4n3-c3c(-c4ccccc4)cc(C)cc3-c3ccccc3)[c-]sc2c1.[Ir]. The van der Waals surface area contributed by atoms with E-state index in [1.165, 1.54) is 41.3 Å². The van der Waals surface area contributed by atoms with Crippen LogP contribution in [0, 0.1) is 32.1 Å². The largest absolute Gasteiger partial charge is 0.332 e. The van der Waals surface area contributed by atoms with Gasteiger partial charge >= 0.3 is 0 Å². The fourth-order valence-corrected chi connectivity index (χ4v) is 8.04. The van der Waals surface area contributed by atoms with Gasteiger partial charge in [-0.3, -0.25) is 16.3 Å². The summed E-state index contributed by atoms with van der Waals surface area (Å²) in [6.07, 6.45) is -0.322. The Labute approximate surface area is 375 Å². The maximum atomic E-state index is 8.95. The topological polar surface area (TPSA) is 30.7 Å². The van der Waals surface area contributed by atoms with Gasteiger partial charge in [0.15, 0.2) is 0 Å². The maximum absolute atomic E-state index is 8.95. The summed E-state index contributed by atoms with van der Waals surface area (Å²) in [4.78, 5) is 9.33. The van der Waals surface area contributed by atoms with Gasteiger partial charge in [-0.1, -0.05) is 155 Å². The van der Waals surface area contributed by atoms with E-state index in [0.29, 0.717) is 22.4 Å². The van der Waals surface area contributed by atoms with E-state index < -0.39 is 20.1 Å². The van der Waals surface area contributed by atoms with Crippen LogP contribution < -0.4 is 0 Å². The minimum absolute atomic E-state index is 0. The van der Waals surface area contributed by atoms with Crippen LogP contribution >= 0.6 is 11.3 Å². The summed E-state index contributed by atoms with van der Waals surface area (Å²) in [5.74, 6) is 0.810. The van der Waals surface area contributed by atoms with Crippen molar-refractivity contribution in [1.29, 1.82) is 0 Å². The molecule has 0 fully saturated rings. The Hall–Kier alpha value is -6.23. The van der Waals surface area contributed by atoms with Gasteiger partial charge in [0.25, 0.3) is 0 Å². The average Bonchev–Trinajstić information content (AvgIpc) is 3.93. The average molecular weight is 964 g/mol. The standard InChI is InChI=1S/C41H29N2S.C13H12N.Ir/c1-28-23-34(31-15-7-3-8-16-31)40(35(24-28)32-17-9-4-10-18-32)43-38-20-12-11-19-37(38)42-41(43)36-27-44-39-26-30(21-22-33(36)39)25-29-13-5-2-6-14-29;1-10-3-6-12(7-4-10)13-8-5-11(2)9-14-13;/h2-24,26H,25H2,1H3;3-6,8-9H,1-2H3;/q2*-1;/i25D2;1D3,2D3;. The van der Waals surface area contributed by atoms with Crippen molar-refractivity contribution in [2.24, 2.45) is 0 Å². The second kappa shape index (κ2) is 17.7. The van der Waals surface area contributed by atoms with E-state index in [-0.39, 0.29) is 31.2 Å². The molecule has 3 heterocycles. The van der Waals surface area contributed by atoms with Crippen LogP contribution in [0.25, 0.3) is 71.7 Å². The first kappa shape index (κ1) is 30.8. The van der Waals surface area contributed by atoms with E-state index in [1.54, 1.807) is 12.1 Å². The Kier molecular flexibility index (Phi) is 9.25. The third-order valence-electron chi connectivity index (χ3n) is 9.86. The van der Waals surface area contributed by atoms with Crippen molar-refractivity contribution in [2.45, 2.75) is 27.0 Å². The number of rotatable bonds is 7. The normalized spacial score (nSPS) is 13.6. The summed E-state index contributed by atoms with van der Waals surface area (Å²) in [6, 6.07) is 59.6. The number of hydrogen-bond donors (Lipinski definition) is 0. The van der Waals surface area contributed by atoms with Crippen molar-refractivity contribution < 1.29 is 31.1 Å². The van der Waals surface area contributed by atoms with E-state index in [0.717, 1.165) is 60.4 Å². The molecule has 0 spiro atoms. The van der Waals surface area contributed by atoms with Gasteiger partial charge in [-0.2, -0.15) is 0 Å². The molecule has 3 nitrogen and oxygen atoms in total. The van der Waals surface area contributed by atoms with Crippen molar-refractivity contribution in [1.82, 2.24) is 14.5 Å². The first-order valence-corrected chi connectivity index (χ1v) is 19.7. The zero-order chi connectivity index (χ0) is 46.2. The van der Waals surface area contributed by atoms with Crippen LogP contribution in [0.15, 0.2) is 182 Å². The molecule has 0 unspecified atom stereocenters. The molecule has 5 heteroatoms. The second-order valence-corrected chi connectivity index (χ2v) is 14.8. The van der Waals surface area contributed by atoms with Gasteiger partial charge in [0.2, 0.25) is 0 Å². The maximum Gasteiger partial charge on any atom is 0.0774 e. The Morgan fingerprint density at radius 1 is 0.661 bits per heavy atom. The van der Waals surface area contributed by atoms with E-state index in [4.69, 9.17) is 16.0 Å². The molecule has 0 saturated carbocycles. The molecule has 0 bridgehead atoms. The van der Waals surface area contributed by atoms with Gasteiger partial charge in [0.1, 0.15) is 0 Å². The van der Waals surface area contributed by atoms with Crippen LogP contribution in [-0.4, -0.2) is 14.5 Å². The predicted molar refractivity (Wildman–Crippen MR) is 244 cm³/mol. The molecule has 3 aromatic heterocycles. The quantitative estimate of drug-likeness (QED) is 0.149. The van der Waals surface area contributed by atoms with E-state index in [1.807, 2.05) is 54.6 Å². The molecular weight excluding hydrogens is 915 g/mol. The molecular formula is C54H41IrN3S-2. The molecule has 59 heavy (non-hydrogen) atoms. The Morgan fingerprint density at radius 3 is 1.97 bits per heavy atom. The summed E-state index contributed by atoms with van der Waals surface area (Å²) >= 11 is 1.51. The molecule has 0 saturated heterocycles. The number of aromatic nitrogens is 3. The van der Waals surface area contributed by atoms with Crippen LogP contribution in [0.5, 0.6) is 0 Å². The van der Waals surface area contributed by atoms with Gasteiger partial charge < -0.3 is 9.55 Å². The molecule has 0 atom stereocenters. The zero-order valence-electron chi connectivity index (χ0n) is 39.9. The third kappa shape index (κ3) is 8.51. The minimum Gasteiger partial charge on any atom is -0.332 e. The van der Waals surface area contributed by atoms with E-state index in [9.17, 15) is 0 Å². The number of nitrogens with zero attached hydrogens (tertiary/aromatic N) is 3. The summed E-state index contributed by atoms with van der Waals surface area (Å²) in [5.41, 5.74) is 12.4. The summed E-state index contributed by atoms with van der Waals surface area (Å²) in [5, 5.41) is 4.59. The molecule has 1 radical (unpaired) electrons. The van der Waals surface area contributed by atoms with E-state index in [2.05, 4.69) is 119 Å². The Bertz CT molecular complexity index is 3180. The first-order valence-electron chi connectivity index (χ1n) is 22.9. The second-order valence-electron chi connectivity index (χ2n) is 13.9. The third-order valence-corrected chi connectivity index (χ3v) is 10.7. The number of benzene rings is 7. The van der Waals surface area contributed by atoms with E-state index >= 15 is 0 Å². The van der Waals surface area contributed by atoms with Crippen LogP contribution in [-0.2, 0) is 26.5 Å². The fraction of sp³-hybridized carbons (Fsp3) is 0.0741. The molecule has 10 aromatic rings. The predicted octanol–water partition coefficient (Wildman–Crippen LogP) is 14.1. The molecule has 0 N–H and O–H groups in total. The van der Waals surface area contributed by atoms with Gasteiger partial charge in [-0.25, -0.2) is 0 Å². The number of para-hydroxylation sites is 2. The van der Waals surface area contributed by atoms with Gasteiger partial charge in [-0.05, 0) is 77.9 Å². The minimum atomic E-state index is -2.18. The molecule has 0 amide bonds. The number of hydrogen-bond acceptors (Lipinski definition) is 3. The van der Waals surface area contributed by atoms with Crippen molar-refractivity contribution in [2.75, 3.05) is 0 Å². The van der Waals surface area contributed by atoms with Crippen molar-refractivity contribution in [3.63, 3.8) is 0 Å². The van der Waals surface area contributed by atoms with Crippen molar-refractivity contribution >= 4 is 32.5 Å². The summed E-state index contributed by atoms with van der Waals surface area (Å²) in [7, 11) is 0. The van der Waals surface area contributed by atoms with Gasteiger partial charge in [0.05, 0.1) is 22.5 Å². The fourth-order valence-electron chi connectivity index (χ4n) is 7.16. The first-order chi connectivity index (χ1) is 31.7. The summed E-state index contributed by atoms with van der Waals surface area (Å²) in [6.45, 7) is -2.19. The molecule has 7 aromatic carbocycles. The van der Waals surface area contributed by atoms with Crippen LogP contribution in [0.4, 0.5) is 0 Å². The molecule has 0 aliphatic heterocycles. The van der Waals surface area contributed by atoms with Crippen LogP contribution in [0.2, 0.25) is 0 Å². The number of aryl methyl sites for hydroxylation is 3. The number of thiophene rings is 1. The van der Waals surface area contributed by atoms with Crippen molar-refractivity contribution in [3.05, 3.63) is 221 Å². The zero-order valence-corrected chi connectivity index (χ0v) is 35.1. The molecule has 0 aliphatic rings. The Morgan fingerprint density at radius 2 is 1.32 bits per heavy atom. The smallest absolute Gasteiger partial charge is 0.0774 e. The van der Waals surface area contributed by atoms with Crippen LogP contribution in [0.3, 0.4) is 0 Å². The Balaban J connectivity index is 0.000000244. The van der Waals surface area contributed by atoms with Crippen molar-refractivity contribution in [3.8, 4) is 50.6 Å². The molecule has 10 rings (SSSR count).